The lowest BCUT2D eigenvalue weighted by molar-refractivity contribution is -0.139. The Labute approximate surface area is 187 Å². The molecule has 2 aromatic carbocycles. The summed E-state index contributed by atoms with van der Waals surface area (Å²) >= 11 is 0. The number of hydrogen-bond acceptors (Lipinski definition) is 7. The Morgan fingerprint density at radius 1 is 1.25 bits per heavy atom. The van der Waals surface area contributed by atoms with Crippen LogP contribution in [0.3, 0.4) is 0 Å². The highest BCUT2D eigenvalue weighted by molar-refractivity contribution is 5.91. The molecule has 8 heteroatoms. The first-order chi connectivity index (χ1) is 15.4. The van der Waals surface area contributed by atoms with E-state index in [2.05, 4.69) is 4.98 Å². The lowest BCUT2D eigenvalue weighted by Gasteiger charge is -2.18. The van der Waals surface area contributed by atoms with Gasteiger partial charge in [-0.25, -0.2) is 4.98 Å². The minimum absolute atomic E-state index is 0.158. The number of carbonyl (C=O) groups excluding carboxylic acids is 1. The highest BCUT2D eigenvalue weighted by Crippen LogP contribution is 2.32. The third kappa shape index (κ3) is 5.27. The topological polar surface area (TPSA) is 97.8 Å². The maximum atomic E-state index is 11.4. The maximum absolute atomic E-state index is 11.4. The zero-order valence-electron chi connectivity index (χ0n) is 18.5. The number of aromatic nitrogens is 2. The van der Waals surface area contributed by atoms with E-state index in [0.717, 1.165) is 17.4 Å². The zero-order valence-corrected chi connectivity index (χ0v) is 18.5. The minimum atomic E-state index is -0.625. The quantitative estimate of drug-likeness (QED) is 0.381. The Morgan fingerprint density at radius 3 is 2.78 bits per heavy atom. The molecule has 2 N–H and O–H groups in total. The number of carbonyl (C=O) groups is 1. The molecule has 170 valence electrons. The Balaban J connectivity index is 1.43. The van der Waals surface area contributed by atoms with Gasteiger partial charge in [0.25, 0.3) is 0 Å². The van der Waals surface area contributed by atoms with Crippen molar-refractivity contribution in [2.45, 2.75) is 45.3 Å². The fourth-order valence-electron chi connectivity index (χ4n) is 3.80. The average Bonchev–Trinajstić information content (AvgIpc) is 3.29. The van der Waals surface area contributed by atoms with Crippen molar-refractivity contribution in [2.24, 2.45) is 0 Å². The molecule has 0 radical (unpaired) electrons. The third-order valence-corrected chi connectivity index (χ3v) is 5.25. The number of nitrogen functional groups attached to an aromatic ring is 1. The second-order valence-corrected chi connectivity index (χ2v) is 8.28. The van der Waals surface area contributed by atoms with Crippen molar-refractivity contribution in [3.05, 3.63) is 53.6 Å². The molecule has 1 unspecified atom stereocenters. The van der Waals surface area contributed by atoms with E-state index in [1.165, 1.54) is 0 Å². The van der Waals surface area contributed by atoms with Gasteiger partial charge in [-0.05, 0) is 31.5 Å². The molecule has 1 aliphatic heterocycles. The van der Waals surface area contributed by atoms with E-state index in [0.29, 0.717) is 62.2 Å². The van der Waals surface area contributed by atoms with Crippen LogP contribution >= 0.6 is 0 Å². The molecular weight excluding hydrogens is 410 g/mol. The van der Waals surface area contributed by atoms with Crippen LogP contribution in [0.1, 0.15) is 36.2 Å². The van der Waals surface area contributed by atoms with Crippen molar-refractivity contribution in [3.63, 3.8) is 0 Å². The average molecular weight is 440 g/mol. The first kappa shape index (κ1) is 22.3. The summed E-state index contributed by atoms with van der Waals surface area (Å²) in [5, 5.41) is 0. The Kier molecular flexibility index (Phi) is 6.74. The molecule has 1 fully saturated rings. The predicted molar refractivity (Wildman–Crippen MR) is 121 cm³/mol. The van der Waals surface area contributed by atoms with Crippen LogP contribution in [0, 0.1) is 0 Å². The number of imidazole rings is 1. The number of ether oxygens (including phenoxy) is 4. The van der Waals surface area contributed by atoms with Crippen LogP contribution in [0.2, 0.25) is 0 Å². The van der Waals surface area contributed by atoms with Gasteiger partial charge in [-0.3, -0.25) is 4.79 Å². The van der Waals surface area contributed by atoms with Crippen molar-refractivity contribution in [1.82, 2.24) is 9.55 Å². The summed E-state index contributed by atoms with van der Waals surface area (Å²) in [5.41, 5.74) is 9.17. The van der Waals surface area contributed by atoms with Crippen LogP contribution in [0.25, 0.3) is 11.0 Å². The number of hydrogen-bond donors (Lipinski definition) is 1. The Morgan fingerprint density at radius 2 is 2.06 bits per heavy atom. The summed E-state index contributed by atoms with van der Waals surface area (Å²) in [7, 11) is 0. The summed E-state index contributed by atoms with van der Waals surface area (Å²) < 4.78 is 25.2. The highest BCUT2D eigenvalue weighted by Gasteiger charge is 2.33. The van der Waals surface area contributed by atoms with Crippen molar-refractivity contribution >= 4 is 23.3 Å². The van der Waals surface area contributed by atoms with Gasteiger partial charge in [0, 0.05) is 12.0 Å². The van der Waals surface area contributed by atoms with Crippen LogP contribution in [-0.4, -0.2) is 47.5 Å². The number of nitrogens with two attached hydrogens (primary N) is 1. The molecule has 8 nitrogen and oxygen atoms in total. The normalized spacial score (nSPS) is 17.6. The third-order valence-electron chi connectivity index (χ3n) is 5.25. The molecule has 0 aliphatic carbocycles. The largest absolute Gasteiger partial charge is 0.491 e. The second-order valence-electron chi connectivity index (χ2n) is 8.28. The zero-order chi connectivity index (χ0) is 22.6. The lowest BCUT2D eigenvalue weighted by Crippen LogP contribution is -2.24. The molecule has 0 bridgehead atoms. The van der Waals surface area contributed by atoms with Crippen molar-refractivity contribution in [3.8, 4) is 5.75 Å². The molecule has 32 heavy (non-hydrogen) atoms. The van der Waals surface area contributed by atoms with Gasteiger partial charge in [-0.15, -0.1) is 0 Å². The molecule has 1 aliphatic rings. The van der Waals surface area contributed by atoms with Gasteiger partial charge in [-0.2, -0.15) is 0 Å². The molecule has 0 saturated carbocycles. The van der Waals surface area contributed by atoms with Crippen LogP contribution in [0.4, 0.5) is 5.95 Å². The van der Waals surface area contributed by atoms with Crippen molar-refractivity contribution < 1.29 is 23.7 Å². The first-order valence-electron chi connectivity index (χ1n) is 10.8. The molecule has 1 aromatic heterocycles. The fourth-order valence-corrected chi connectivity index (χ4v) is 3.80. The van der Waals surface area contributed by atoms with E-state index in [1.807, 2.05) is 48.7 Å². The molecular formula is C24H29N3O5. The lowest BCUT2D eigenvalue weighted by atomic mass is 10.2. The van der Waals surface area contributed by atoms with Crippen LogP contribution in [0.5, 0.6) is 5.75 Å². The maximum Gasteiger partial charge on any atom is 0.201 e. The summed E-state index contributed by atoms with van der Waals surface area (Å²) in [6.07, 6.45) is 1.33. The number of aldehydes is 1. The molecule has 3 aromatic rings. The Hall–Kier alpha value is -2.94. The molecule has 0 amide bonds. The van der Waals surface area contributed by atoms with Gasteiger partial charge in [0.1, 0.15) is 23.7 Å². The second kappa shape index (κ2) is 9.68. The molecule has 1 saturated heterocycles. The Bertz CT molecular complexity index is 1060. The van der Waals surface area contributed by atoms with Crippen LogP contribution < -0.4 is 10.5 Å². The smallest absolute Gasteiger partial charge is 0.201 e. The molecule has 2 heterocycles. The van der Waals surface area contributed by atoms with Crippen LogP contribution in [0.15, 0.2) is 42.5 Å². The number of nitrogens with zero attached hydrogens (tertiary/aromatic N) is 2. The summed E-state index contributed by atoms with van der Waals surface area (Å²) in [4.78, 5) is 15.8. The fraction of sp³-hybridized carbons (Fsp3) is 0.417. The van der Waals surface area contributed by atoms with Gasteiger partial charge in [0.15, 0.2) is 5.79 Å². The predicted octanol–water partition coefficient (Wildman–Crippen LogP) is 3.57. The van der Waals surface area contributed by atoms with E-state index in [9.17, 15) is 4.79 Å². The van der Waals surface area contributed by atoms with Gasteiger partial charge in [-0.1, -0.05) is 30.3 Å². The number of rotatable bonds is 10. The van der Waals surface area contributed by atoms with Gasteiger partial charge >= 0.3 is 0 Å². The van der Waals surface area contributed by atoms with Gasteiger partial charge in [0.05, 0.1) is 38.5 Å². The highest BCUT2D eigenvalue weighted by atomic mass is 16.7. The monoisotopic (exact) mass is 439 g/mol. The van der Waals surface area contributed by atoms with Gasteiger partial charge < -0.3 is 29.2 Å². The summed E-state index contributed by atoms with van der Waals surface area (Å²) in [5.74, 6) is 0.280. The first-order valence-corrected chi connectivity index (χ1v) is 10.8. The summed E-state index contributed by atoms with van der Waals surface area (Å²) in [6.45, 7) is 6.27. The van der Waals surface area contributed by atoms with E-state index in [1.54, 1.807) is 12.1 Å². The molecule has 1 atom stereocenters. The van der Waals surface area contributed by atoms with Gasteiger partial charge in [0.2, 0.25) is 5.95 Å². The number of anilines is 1. The SMILES string of the molecule is CC1(C)OCC(Cn2c(N)nc3cc(C=O)cc(OCCCOCc4ccccc4)c32)O1. The summed E-state index contributed by atoms with van der Waals surface area (Å²) in [6, 6.07) is 13.5. The van der Waals surface area contributed by atoms with E-state index in [4.69, 9.17) is 24.7 Å². The van der Waals surface area contributed by atoms with Crippen molar-refractivity contribution in [1.29, 1.82) is 0 Å². The minimum Gasteiger partial charge on any atom is -0.491 e. The number of fused-ring (bicyclic) bond motifs is 1. The van der Waals surface area contributed by atoms with E-state index in [-0.39, 0.29) is 6.10 Å². The van der Waals surface area contributed by atoms with E-state index < -0.39 is 5.79 Å². The van der Waals surface area contributed by atoms with Crippen molar-refractivity contribution in [2.75, 3.05) is 25.6 Å². The van der Waals surface area contributed by atoms with E-state index >= 15 is 0 Å². The van der Waals surface area contributed by atoms with Crippen LogP contribution in [-0.2, 0) is 27.4 Å². The standard InChI is InChI=1S/C24H29N3O5/c1-24(2)31-16-19(32-24)13-27-22-20(26-23(27)25)11-18(14-28)12-21(22)30-10-6-9-29-15-17-7-4-3-5-8-17/h3-5,7-8,11-12,14,19H,6,9-10,13,15-16H2,1-2H3,(H2,25,26). The molecule has 0 spiro atoms. The molecule has 4 rings (SSSR count). The number of benzene rings is 2.